The molecule has 3 nitrogen and oxygen atoms in total. The van der Waals surface area contributed by atoms with Crippen molar-refractivity contribution in [3.05, 3.63) is 70.3 Å². The van der Waals surface area contributed by atoms with Gasteiger partial charge in [-0.2, -0.15) is 0 Å². The van der Waals surface area contributed by atoms with E-state index in [1.54, 1.807) is 0 Å². The zero-order valence-electron chi connectivity index (χ0n) is 11.5. The quantitative estimate of drug-likeness (QED) is 0.792. The molecule has 2 aromatic carbocycles. The molecule has 0 saturated heterocycles. The number of hydrogen-bond acceptors (Lipinski definition) is 3. The number of ether oxygens (including phenoxy) is 1. The molecule has 0 aromatic heterocycles. The van der Waals surface area contributed by atoms with Crippen LogP contribution in [0.3, 0.4) is 0 Å². The molecule has 0 amide bonds. The second-order valence-electron chi connectivity index (χ2n) is 4.80. The van der Waals surface area contributed by atoms with E-state index in [1.165, 1.54) is 0 Å². The van der Waals surface area contributed by atoms with Gasteiger partial charge in [0.15, 0.2) is 0 Å². The van der Waals surface area contributed by atoms with Crippen LogP contribution < -0.4 is 4.90 Å². The molecular formula is C17H14BrNO2. The molecule has 4 heteroatoms. The van der Waals surface area contributed by atoms with Gasteiger partial charge in [-0.15, -0.1) is 0 Å². The number of hydrogen-bond donors (Lipinski definition) is 0. The number of para-hydroxylation sites is 1. The number of carbonyl (C=O) groups is 1. The first-order valence-electron chi connectivity index (χ1n) is 6.62. The summed E-state index contributed by atoms with van der Waals surface area (Å²) in [4.78, 5) is 14.1. The minimum atomic E-state index is -0.268. The number of likely N-dealkylation sites (N-methyl/N-ethyl adjacent to an activating group) is 1. The second-order valence-corrected chi connectivity index (χ2v) is 5.71. The molecule has 1 aliphatic rings. The number of anilines is 1. The van der Waals surface area contributed by atoms with Gasteiger partial charge in [0.1, 0.15) is 6.61 Å². The van der Waals surface area contributed by atoms with E-state index < -0.39 is 0 Å². The van der Waals surface area contributed by atoms with Crippen LogP contribution in [0.25, 0.3) is 5.57 Å². The van der Waals surface area contributed by atoms with Gasteiger partial charge in [-0.3, -0.25) is 0 Å². The first kappa shape index (κ1) is 13.9. The van der Waals surface area contributed by atoms with Crippen LogP contribution >= 0.6 is 15.9 Å². The predicted molar refractivity (Wildman–Crippen MR) is 86.9 cm³/mol. The van der Waals surface area contributed by atoms with Crippen LogP contribution in [-0.4, -0.2) is 19.6 Å². The van der Waals surface area contributed by atoms with Crippen molar-refractivity contribution >= 4 is 33.2 Å². The summed E-state index contributed by atoms with van der Waals surface area (Å²) in [5, 5.41) is 0. The lowest BCUT2D eigenvalue weighted by molar-refractivity contribution is -0.134. The third-order valence-corrected chi connectivity index (χ3v) is 4.04. The molecule has 0 unspecified atom stereocenters. The molecule has 0 aliphatic carbocycles. The SMILES string of the molecule is CN(C1=C(c2ccc(Br)cc2)C(=O)OC1)c1ccccc1. The molecule has 21 heavy (non-hydrogen) atoms. The second kappa shape index (κ2) is 5.74. The number of nitrogens with zero attached hydrogens (tertiary/aromatic N) is 1. The molecule has 2 aromatic rings. The van der Waals surface area contributed by atoms with Crippen LogP contribution in [-0.2, 0) is 9.53 Å². The van der Waals surface area contributed by atoms with E-state index in [0.717, 1.165) is 21.4 Å². The number of carbonyl (C=O) groups excluding carboxylic acids is 1. The molecule has 1 aliphatic heterocycles. The molecular weight excluding hydrogens is 330 g/mol. The predicted octanol–water partition coefficient (Wildman–Crippen LogP) is 3.85. The standard InChI is InChI=1S/C17H14BrNO2/c1-19(14-5-3-2-4-6-14)15-11-21-17(20)16(15)12-7-9-13(18)10-8-12/h2-10H,11H2,1H3. The van der Waals surface area contributed by atoms with Crippen molar-refractivity contribution in [2.45, 2.75) is 0 Å². The van der Waals surface area contributed by atoms with Gasteiger partial charge >= 0.3 is 5.97 Å². The van der Waals surface area contributed by atoms with Gasteiger partial charge < -0.3 is 9.64 Å². The van der Waals surface area contributed by atoms with E-state index in [1.807, 2.05) is 66.5 Å². The lowest BCUT2D eigenvalue weighted by atomic mass is 10.0. The highest BCUT2D eigenvalue weighted by molar-refractivity contribution is 9.10. The first-order chi connectivity index (χ1) is 10.2. The number of esters is 1. The van der Waals surface area contributed by atoms with Crippen molar-refractivity contribution in [3.8, 4) is 0 Å². The van der Waals surface area contributed by atoms with Crippen LogP contribution in [0.2, 0.25) is 0 Å². The lowest BCUT2D eigenvalue weighted by Gasteiger charge is -2.20. The summed E-state index contributed by atoms with van der Waals surface area (Å²) in [6.07, 6.45) is 0. The fourth-order valence-corrected chi connectivity index (χ4v) is 2.63. The van der Waals surface area contributed by atoms with E-state index in [0.29, 0.717) is 12.2 Å². The highest BCUT2D eigenvalue weighted by atomic mass is 79.9. The van der Waals surface area contributed by atoms with Crippen molar-refractivity contribution < 1.29 is 9.53 Å². The highest BCUT2D eigenvalue weighted by Gasteiger charge is 2.29. The highest BCUT2D eigenvalue weighted by Crippen LogP contribution is 2.31. The Labute approximate surface area is 132 Å². The summed E-state index contributed by atoms with van der Waals surface area (Å²) in [6.45, 7) is 0.301. The van der Waals surface area contributed by atoms with Gasteiger partial charge in [0, 0.05) is 17.2 Å². The maximum Gasteiger partial charge on any atom is 0.341 e. The van der Waals surface area contributed by atoms with Crippen molar-refractivity contribution in [3.63, 3.8) is 0 Å². The lowest BCUT2D eigenvalue weighted by Crippen LogP contribution is -2.18. The van der Waals surface area contributed by atoms with Crippen LogP contribution in [0.4, 0.5) is 5.69 Å². The summed E-state index contributed by atoms with van der Waals surface area (Å²) in [5.41, 5.74) is 3.42. The molecule has 0 fully saturated rings. The smallest absolute Gasteiger partial charge is 0.341 e. The molecule has 0 bridgehead atoms. The summed E-state index contributed by atoms with van der Waals surface area (Å²) >= 11 is 3.41. The van der Waals surface area contributed by atoms with Crippen LogP contribution in [0, 0.1) is 0 Å². The Bertz CT molecular complexity index is 692. The Morgan fingerprint density at radius 1 is 1.05 bits per heavy atom. The molecule has 0 radical (unpaired) electrons. The van der Waals surface area contributed by atoms with E-state index >= 15 is 0 Å². The zero-order valence-corrected chi connectivity index (χ0v) is 13.1. The van der Waals surface area contributed by atoms with Gasteiger partial charge in [-0.05, 0) is 29.8 Å². The molecule has 0 N–H and O–H groups in total. The van der Waals surface area contributed by atoms with Gasteiger partial charge in [-0.25, -0.2) is 4.79 Å². The van der Waals surface area contributed by atoms with E-state index in [9.17, 15) is 4.79 Å². The van der Waals surface area contributed by atoms with E-state index in [4.69, 9.17) is 4.74 Å². The van der Waals surface area contributed by atoms with Crippen LogP contribution in [0.5, 0.6) is 0 Å². The van der Waals surface area contributed by atoms with Crippen molar-refractivity contribution in [2.24, 2.45) is 0 Å². The average Bonchev–Trinajstić information content (AvgIpc) is 2.90. The summed E-state index contributed by atoms with van der Waals surface area (Å²) in [5.74, 6) is -0.268. The Morgan fingerprint density at radius 2 is 1.71 bits per heavy atom. The van der Waals surface area contributed by atoms with Crippen LogP contribution in [0.15, 0.2) is 64.8 Å². The Kier molecular flexibility index (Phi) is 3.80. The summed E-state index contributed by atoms with van der Waals surface area (Å²) in [6, 6.07) is 17.6. The topological polar surface area (TPSA) is 29.5 Å². The number of cyclic esters (lactones) is 1. The number of rotatable bonds is 3. The molecule has 1 heterocycles. The van der Waals surface area contributed by atoms with Crippen molar-refractivity contribution in [1.82, 2.24) is 0 Å². The summed E-state index contributed by atoms with van der Waals surface area (Å²) in [7, 11) is 1.95. The maximum atomic E-state index is 12.1. The third kappa shape index (κ3) is 2.72. The average molecular weight is 344 g/mol. The number of benzene rings is 2. The molecule has 0 atom stereocenters. The fraction of sp³-hybridized carbons (Fsp3) is 0.118. The van der Waals surface area contributed by atoms with Crippen molar-refractivity contribution in [2.75, 3.05) is 18.6 Å². The van der Waals surface area contributed by atoms with Crippen LogP contribution in [0.1, 0.15) is 5.56 Å². The largest absolute Gasteiger partial charge is 0.456 e. The molecule has 3 rings (SSSR count). The Morgan fingerprint density at radius 3 is 2.38 bits per heavy atom. The van der Waals surface area contributed by atoms with E-state index in [2.05, 4.69) is 15.9 Å². The minimum Gasteiger partial charge on any atom is -0.456 e. The van der Waals surface area contributed by atoms with Gasteiger partial charge in [0.25, 0.3) is 0 Å². The van der Waals surface area contributed by atoms with Crippen molar-refractivity contribution in [1.29, 1.82) is 0 Å². The van der Waals surface area contributed by atoms with E-state index in [-0.39, 0.29) is 5.97 Å². The minimum absolute atomic E-state index is 0.268. The Balaban J connectivity index is 2.05. The monoisotopic (exact) mass is 343 g/mol. The number of halogens is 1. The van der Waals surface area contributed by atoms with Gasteiger partial charge in [0.2, 0.25) is 0 Å². The molecule has 106 valence electrons. The molecule has 0 saturated carbocycles. The Hall–Kier alpha value is -2.07. The normalized spacial score (nSPS) is 14.3. The molecule has 0 spiro atoms. The van der Waals surface area contributed by atoms with Gasteiger partial charge in [0.05, 0.1) is 11.3 Å². The van der Waals surface area contributed by atoms with Gasteiger partial charge in [-0.1, -0.05) is 46.3 Å². The zero-order chi connectivity index (χ0) is 14.8. The summed E-state index contributed by atoms with van der Waals surface area (Å²) < 4.78 is 6.22. The third-order valence-electron chi connectivity index (χ3n) is 3.51. The maximum absolute atomic E-state index is 12.1. The first-order valence-corrected chi connectivity index (χ1v) is 7.41. The fourth-order valence-electron chi connectivity index (χ4n) is 2.37.